The average Bonchev–Trinajstić information content (AvgIpc) is 3.04. The van der Waals surface area contributed by atoms with Crippen molar-refractivity contribution < 1.29 is 0 Å². The molecule has 0 saturated carbocycles. The first-order valence-electron chi connectivity index (χ1n) is 13.3. The molecule has 4 nitrogen and oxygen atoms in total. The summed E-state index contributed by atoms with van der Waals surface area (Å²) >= 11 is 0. The Labute approximate surface area is 230 Å². The van der Waals surface area contributed by atoms with Gasteiger partial charge in [0.05, 0.1) is 39.8 Å². The monoisotopic (exact) mass is 510 g/mol. The predicted molar refractivity (Wildman–Crippen MR) is 164 cm³/mol. The van der Waals surface area contributed by atoms with E-state index in [1.807, 2.05) is 54.9 Å². The van der Waals surface area contributed by atoms with Crippen LogP contribution in [-0.2, 0) is 0 Å². The third-order valence-corrected chi connectivity index (χ3v) is 7.51. The molecular formula is C36H22N4. The number of pyridine rings is 4. The van der Waals surface area contributed by atoms with Gasteiger partial charge in [0, 0.05) is 44.4 Å². The number of rotatable bonds is 3. The summed E-state index contributed by atoms with van der Waals surface area (Å²) in [5.74, 6) is 0. The van der Waals surface area contributed by atoms with E-state index < -0.39 is 0 Å². The Kier molecular flexibility index (Phi) is 5.10. The summed E-state index contributed by atoms with van der Waals surface area (Å²) in [6, 6.07) is 41.7. The summed E-state index contributed by atoms with van der Waals surface area (Å²) in [4.78, 5) is 19.8. The van der Waals surface area contributed by atoms with Crippen molar-refractivity contribution in [3.8, 4) is 33.8 Å². The Morgan fingerprint density at radius 2 is 1.12 bits per heavy atom. The van der Waals surface area contributed by atoms with Crippen molar-refractivity contribution in [3.05, 3.63) is 134 Å². The second-order valence-corrected chi connectivity index (χ2v) is 9.92. The largest absolute Gasteiger partial charge is 0.254 e. The van der Waals surface area contributed by atoms with Gasteiger partial charge in [-0.15, -0.1) is 0 Å². The van der Waals surface area contributed by atoms with E-state index in [0.717, 1.165) is 77.3 Å². The first-order valence-corrected chi connectivity index (χ1v) is 13.3. The van der Waals surface area contributed by atoms with Crippen LogP contribution < -0.4 is 0 Å². The van der Waals surface area contributed by atoms with Crippen LogP contribution in [0, 0.1) is 0 Å². The average molecular weight is 511 g/mol. The lowest BCUT2D eigenvalue weighted by atomic mass is 9.96. The van der Waals surface area contributed by atoms with E-state index in [1.54, 1.807) is 0 Å². The van der Waals surface area contributed by atoms with Crippen LogP contribution in [0.3, 0.4) is 0 Å². The highest BCUT2D eigenvalue weighted by atomic mass is 14.8. The lowest BCUT2D eigenvalue weighted by molar-refractivity contribution is 1.31. The van der Waals surface area contributed by atoms with Gasteiger partial charge in [0.15, 0.2) is 0 Å². The highest BCUT2D eigenvalue weighted by Gasteiger charge is 2.17. The van der Waals surface area contributed by atoms with Gasteiger partial charge in [-0.2, -0.15) is 0 Å². The molecule has 0 spiro atoms. The van der Waals surface area contributed by atoms with Gasteiger partial charge in [0.2, 0.25) is 0 Å². The molecule has 0 amide bonds. The summed E-state index contributed by atoms with van der Waals surface area (Å²) in [6.07, 6.45) is 3.71. The molecule has 8 rings (SSSR count). The molecule has 0 radical (unpaired) electrons. The fourth-order valence-corrected chi connectivity index (χ4v) is 5.65. The molecule has 0 atom stereocenters. The minimum atomic E-state index is 0.857. The van der Waals surface area contributed by atoms with Crippen molar-refractivity contribution in [1.82, 2.24) is 19.9 Å². The first kappa shape index (κ1) is 22.5. The van der Waals surface area contributed by atoms with Crippen molar-refractivity contribution in [2.45, 2.75) is 0 Å². The summed E-state index contributed by atoms with van der Waals surface area (Å²) in [7, 11) is 0. The summed E-state index contributed by atoms with van der Waals surface area (Å²) in [6.45, 7) is 0. The Morgan fingerprint density at radius 1 is 0.450 bits per heavy atom. The summed E-state index contributed by atoms with van der Waals surface area (Å²) < 4.78 is 0. The zero-order valence-corrected chi connectivity index (χ0v) is 21.5. The zero-order valence-electron chi connectivity index (χ0n) is 21.5. The van der Waals surface area contributed by atoms with Crippen LogP contribution in [0.4, 0.5) is 0 Å². The van der Waals surface area contributed by atoms with Gasteiger partial charge in [0.25, 0.3) is 0 Å². The van der Waals surface area contributed by atoms with E-state index in [2.05, 4.69) is 83.8 Å². The summed E-state index contributed by atoms with van der Waals surface area (Å²) in [5.41, 5.74) is 8.56. The fraction of sp³-hybridized carbons (Fsp3) is 0. The molecule has 0 aliphatic carbocycles. The highest BCUT2D eigenvalue weighted by molar-refractivity contribution is 6.23. The standard InChI is InChI=1S/C36H22N4/c1-3-10-23(11-4-1)30-20-26(21-31(39-30)24-12-5-2-6-13-24)34-28-16-8-7-15-27(28)33-29-18-17-25-14-9-19-37-35(25)36(29)38-22-32(33)40-34/h1-22H. The van der Waals surface area contributed by atoms with E-state index in [1.165, 1.54) is 0 Å². The van der Waals surface area contributed by atoms with E-state index in [-0.39, 0.29) is 0 Å². The topological polar surface area (TPSA) is 51.6 Å². The van der Waals surface area contributed by atoms with Gasteiger partial charge in [-0.25, -0.2) is 9.97 Å². The Morgan fingerprint density at radius 3 is 1.85 bits per heavy atom. The minimum Gasteiger partial charge on any atom is -0.254 e. The number of fused-ring (bicyclic) bond motifs is 7. The zero-order chi connectivity index (χ0) is 26.5. The van der Waals surface area contributed by atoms with Crippen molar-refractivity contribution in [2.24, 2.45) is 0 Å². The smallest absolute Gasteiger partial charge is 0.0972 e. The maximum absolute atomic E-state index is 5.26. The fourth-order valence-electron chi connectivity index (χ4n) is 5.65. The van der Waals surface area contributed by atoms with E-state index in [4.69, 9.17) is 15.0 Å². The van der Waals surface area contributed by atoms with Gasteiger partial charge in [-0.3, -0.25) is 9.97 Å². The van der Waals surface area contributed by atoms with Gasteiger partial charge in [0.1, 0.15) is 0 Å². The van der Waals surface area contributed by atoms with Crippen LogP contribution in [0.25, 0.3) is 77.3 Å². The van der Waals surface area contributed by atoms with Gasteiger partial charge in [-0.05, 0) is 23.6 Å². The molecule has 186 valence electrons. The van der Waals surface area contributed by atoms with Crippen molar-refractivity contribution >= 4 is 43.5 Å². The molecule has 4 aromatic carbocycles. The second kappa shape index (κ2) is 9.07. The number of nitrogens with zero attached hydrogens (tertiary/aromatic N) is 4. The molecule has 0 fully saturated rings. The number of aromatic nitrogens is 4. The maximum Gasteiger partial charge on any atom is 0.0972 e. The predicted octanol–water partition coefficient (Wildman–Crippen LogP) is 8.88. The Hall–Kier alpha value is -5.48. The molecule has 0 aliphatic heterocycles. The molecule has 8 aromatic rings. The van der Waals surface area contributed by atoms with Crippen molar-refractivity contribution in [2.75, 3.05) is 0 Å². The van der Waals surface area contributed by atoms with Crippen LogP contribution in [0.1, 0.15) is 0 Å². The third kappa shape index (κ3) is 3.62. The number of benzene rings is 4. The summed E-state index contributed by atoms with van der Waals surface area (Å²) in [5, 5.41) is 5.47. The van der Waals surface area contributed by atoms with Gasteiger partial charge < -0.3 is 0 Å². The van der Waals surface area contributed by atoms with Crippen LogP contribution in [0.15, 0.2) is 134 Å². The van der Waals surface area contributed by atoms with Crippen molar-refractivity contribution in [1.29, 1.82) is 0 Å². The molecule has 0 bridgehead atoms. The van der Waals surface area contributed by atoms with Crippen LogP contribution in [-0.4, -0.2) is 19.9 Å². The molecule has 4 aromatic heterocycles. The molecule has 0 unspecified atom stereocenters. The molecular weight excluding hydrogens is 488 g/mol. The van der Waals surface area contributed by atoms with Gasteiger partial charge >= 0.3 is 0 Å². The molecule has 40 heavy (non-hydrogen) atoms. The SMILES string of the molecule is c1ccc(-c2cc(-c3nc4cnc5c(ccc6cccnc65)c4c4ccccc34)cc(-c3ccccc3)n2)cc1. The van der Waals surface area contributed by atoms with E-state index >= 15 is 0 Å². The van der Waals surface area contributed by atoms with Crippen molar-refractivity contribution in [3.63, 3.8) is 0 Å². The quantitative estimate of drug-likeness (QED) is 0.223. The second-order valence-electron chi connectivity index (χ2n) is 9.92. The minimum absolute atomic E-state index is 0.857. The van der Waals surface area contributed by atoms with Crippen LogP contribution in [0.2, 0.25) is 0 Å². The van der Waals surface area contributed by atoms with E-state index in [9.17, 15) is 0 Å². The lowest BCUT2D eigenvalue weighted by Gasteiger charge is -2.14. The number of hydrogen-bond acceptors (Lipinski definition) is 4. The highest BCUT2D eigenvalue weighted by Crippen LogP contribution is 2.38. The Balaban J connectivity index is 1.45. The molecule has 4 heteroatoms. The van der Waals surface area contributed by atoms with Crippen LogP contribution in [0.5, 0.6) is 0 Å². The number of hydrogen-bond donors (Lipinski definition) is 0. The van der Waals surface area contributed by atoms with Crippen LogP contribution >= 0.6 is 0 Å². The van der Waals surface area contributed by atoms with Gasteiger partial charge in [-0.1, -0.05) is 103 Å². The molecule has 4 heterocycles. The lowest BCUT2D eigenvalue weighted by Crippen LogP contribution is -1.95. The third-order valence-electron chi connectivity index (χ3n) is 7.51. The Bertz CT molecular complexity index is 2150. The molecule has 0 aliphatic rings. The molecule has 0 saturated heterocycles. The first-order chi connectivity index (χ1) is 19.8. The maximum atomic E-state index is 5.26. The molecule has 0 N–H and O–H groups in total. The normalized spacial score (nSPS) is 11.5. The van der Waals surface area contributed by atoms with E-state index in [0.29, 0.717) is 0 Å².